The highest BCUT2D eigenvalue weighted by Gasteiger charge is 2.33. The number of nitrogens with one attached hydrogen (secondary N) is 1. The molecule has 0 spiro atoms. The van der Waals surface area contributed by atoms with Crippen molar-refractivity contribution in [3.63, 3.8) is 0 Å². The number of aromatic nitrogens is 2. The van der Waals surface area contributed by atoms with E-state index in [0.717, 1.165) is 37.0 Å². The van der Waals surface area contributed by atoms with Crippen LogP contribution in [-0.4, -0.2) is 36.6 Å². The van der Waals surface area contributed by atoms with E-state index in [-0.39, 0.29) is 0 Å². The lowest BCUT2D eigenvalue weighted by molar-refractivity contribution is 0.355. The van der Waals surface area contributed by atoms with E-state index in [1.165, 1.54) is 6.42 Å². The van der Waals surface area contributed by atoms with Crippen LogP contribution in [-0.2, 0) is 0 Å². The maximum absolute atomic E-state index is 4.74. The minimum absolute atomic E-state index is 0.353. The van der Waals surface area contributed by atoms with E-state index in [1.54, 1.807) is 0 Å². The Morgan fingerprint density at radius 3 is 2.79 bits per heavy atom. The van der Waals surface area contributed by atoms with Crippen LogP contribution in [0.4, 0.5) is 5.82 Å². The minimum atomic E-state index is 0.353. The lowest BCUT2D eigenvalue weighted by atomic mass is 9.90. The predicted molar refractivity (Wildman–Crippen MR) is 79.7 cm³/mol. The molecule has 0 aromatic carbocycles. The maximum Gasteiger partial charge on any atom is 0.133 e. The van der Waals surface area contributed by atoms with E-state index in [1.807, 2.05) is 7.05 Å². The van der Waals surface area contributed by atoms with E-state index in [0.29, 0.717) is 11.3 Å². The number of nitrogens with zero attached hydrogens (tertiary/aromatic N) is 3. The summed E-state index contributed by atoms with van der Waals surface area (Å²) in [4.78, 5) is 11.7. The molecule has 19 heavy (non-hydrogen) atoms. The van der Waals surface area contributed by atoms with Crippen LogP contribution in [0.1, 0.15) is 44.6 Å². The van der Waals surface area contributed by atoms with Crippen molar-refractivity contribution in [3.8, 4) is 0 Å². The Labute approximate surface area is 116 Å². The fourth-order valence-electron chi connectivity index (χ4n) is 2.79. The van der Waals surface area contributed by atoms with Crippen molar-refractivity contribution in [2.45, 2.75) is 40.0 Å². The van der Waals surface area contributed by atoms with Crippen LogP contribution in [0.25, 0.3) is 0 Å². The van der Waals surface area contributed by atoms with Crippen LogP contribution in [0.5, 0.6) is 0 Å². The Hall–Kier alpha value is -1.16. The molecule has 4 nitrogen and oxygen atoms in total. The van der Waals surface area contributed by atoms with Gasteiger partial charge in [0, 0.05) is 37.3 Å². The molecule has 0 saturated carbocycles. The van der Waals surface area contributed by atoms with Crippen LogP contribution >= 0.6 is 0 Å². The van der Waals surface area contributed by atoms with Gasteiger partial charge in [-0.3, -0.25) is 0 Å². The van der Waals surface area contributed by atoms with Crippen molar-refractivity contribution in [1.29, 1.82) is 0 Å². The third-order valence-corrected chi connectivity index (χ3v) is 3.86. The van der Waals surface area contributed by atoms with Gasteiger partial charge in [0.05, 0.1) is 0 Å². The third kappa shape index (κ3) is 3.24. The van der Waals surface area contributed by atoms with Crippen molar-refractivity contribution < 1.29 is 0 Å². The summed E-state index contributed by atoms with van der Waals surface area (Å²) < 4.78 is 0. The molecule has 0 radical (unpaired) electrons. The van der Waals surface area contributed by atoms with Crippen LogP contribution in [0.2, 0.25) is 0 Å². The number of anilines is 1. The summed E-state index contributed by atoms with van der Waals surface area (Å²) in [6.07, 6.45) is 1.22. The minimum Gasteiger partial charge on any atom is -0.356 e. The predicted octanol–water partition coefficient (Wildman–Crippen LogP) is 2.34. The first-order valence-corrected chi connectivity index (χ1v) is 7.19. The molecule has 2 rings (SSSR count). The van der Waals surface area contributed by atoms with Crippen LogP contribution in [0.3, 0.4) is 0 Å². The zero-order chi connectivity index (χ0) is 14.0. The molecule has 1 aliphatic heterocycles. The third-order valence-electron chi connectivity index (χ3n) is 3.86. The standard InChI is InChI=1S/C15H26N4/c1-11(2)14-17-12(3)8-13(18-14)19-7-6-15(4,10-19)9-16-5/h8,11,16H,6-7,9-10H2,1-5H3. The van der Waals surface area contributed by atoms with Gasteiger partial charge in [-0.05, 0) is 25.8 Å². The van der Waals surface area contributed by atoms with Crippen LogP contribution < -0.4 is 10.2 Å². The monoisotopic (exact) mass is 262 g/mol. The summed E-state index contributed by atoms with van der Waals surface area (Å²) in [6, 6.07) is 2.11. The first-order chi connectivity index (χ1) is 8.93. The summed E-state index contributed by atoms with van der Waals surface area (Å²) in [7, 11) is 2.03. The highest BCUT2D eigenvalue weighted by molar-refractivity contribution is 5.42. The molecule has 0 bridgehead atoms. The molecule has 2 heterocycles. The van der Waals surface area contributed by atoms with Gasteiger partial charge in [-0.2, -0.15) is 0 Å². The topological polar surface area (TPSA) is 41.0 Å². The van der Waals surface area contributed by atoms with E-state index in [4.69, 9.17) is 4.98 Å². The van der Waals surface area contributed by atoms with E-state index in [2.05, 4.69) is 49.0 Å². The Morgan fingerprint density at radius 2 is 2.16 bits per heavy atom. The average molecular weight is 262 g/mol. The molecule has 1 fully saturated rings. The average Bonchev–Trinajstić information content (AvgIpc) is 2.71. The fraction of sp³-hybridized carbons (Fsp3) is 0.733. The molecular weight excluding hydrogens is 236 g/mol. The highest BCUT2D eigenvalue weighted by atomic mass is 15.2. The number of aryl methyl sites for hydroxylation is 1. The van der Waals surface area contributed by atoms with Gasteiger partial charge in [-0.1, -0.05) is 20.8 Å². The summed E-state index contributed by atoms with van der Waals surface area (Å²) in [5.41, 5.74) is 1.42. The summed E-state index contributed by atoms with van der Waals surface area (Å²) in [5.74, 6) is 2.43. The van der Waals surface area contributed by atoms with Crippen molar-refractivity contribution in [1.82, 2.24) is 15.3 Å². The summed E-state index contributed by atoms with van der Waals surface area (Å²) in [5, 5.41) is 3.30. The first kappa shape index (κ1) is 14.3. The molecule has 1 aromatic heterocycles. The normalized spacial score (nSPS) is 23.4. The molecule has 1 aliphatic rings. The Kier molecular flexibility index (Phi) is 4.09. The SMILES string of the molecule is CNCC1(C)CCN(c2cc(C)nc(C(C)C)n2)C1. The molecular formula is C15H26N4. The molecule has 1 N–H and O–H groups in total. The quantitative estimate of drug-likeness (QED) is 0.904. The second-order valence-electron chi connectivity index (χ2n) is 6.39. The van der Waals surface area contributed by atoms with Crippen molar-refractivity contribution in [3.05, 3.63) is 17.6 Å². The lowest BCUT2D eigenvalue weighted by Crippen LogP contribution is -2.33. The molecule has 1 aromatic rings. The van der Waals surface area contributed by atoms with Gasteiger partial charge in [0.25, 0.3) is 0 Å². The highest BCUT2D eigenvalue weighted by Crippen LogP contribution is 2.32. The fourth-order valence-corrected chi connectivity index (χ4v) is 2.79. The van der Waals surface area contributed by atoms with E-state index >= 15 is 0 Å². The molecule has 106 valence electrons. The van der Waals surface area contributed by atoms with E-state index in [9.17, 15) is 0 Å². The van der Waals surface area contributed by atoms with Crippen molar-refractivity contribution >= 4 is 5.82 Å². The summed E-state index contributed by atoms with van der Waals surface area (Å²) >= 11 is 0. The smallest absolute Gasteiger partial charge is 0.133 e. The van der Waals surface area contributed by atoms with Gasteiger partial charge in [0.1, 0.15) is 11.6 Å². The Morgan fingerprint density at radius 1 is 1.42 bits per heavy atom. The van der Waals surface area contributed by atoms with Gasteiger partial charge in [-0.15, -0.1) is 0 Å². The molecule has 1 atom stereocenters. The van der Waals surface area contributed by atoms with Crippen LogP contribution in [0.15, 0.2) is 6.07 Å². The Balaban J connectivity index is 2.19. The zero-order valence-electron chi connectivity index (χ0n) is 12.8. The number of hydrogen-bond acceptors (Lipinski definition) is 4. The summed E-state index contributed by atoms with van der Waals surface area (Å²) in [6.45, 7) is 11.9. The molecule has 0 aliphatic carbocycles. The second-order valence-corrected chi connectivity index (χ2v) is 6.39. The molecule has 4 heteroatoms. The molecule has 1 saturated heterocycles. The van der Waals surface area contributed by atoms with E-state index < -0.39 is 0 Å². The maximum atomic E-state index is 4.74. The van der Waals surface area contributed by atoms with Gasteiger partial charge < -0.3 is 10.2 Å². The number of rotatable bonds is 4. The van der Waals surface area contributed by atoms with Crippen molar-refractivity contribution in [2.75, 3.05) is 31.6 Å². The lowest BCUT2D eigenvalue weighted by Gasteiger charge is -2.25. The first-order valence-electron chi connectivity index (χ1n) is 7.19. The molecule has 1 unspecified atom stereocenters. The molecule has 0 amide bonds. The van der Waals surface area contributed by atoms with Gasteiger partial charge in [0.15, 0.2) is 0 Å². The van der Waals surface area contributed by atoms with Gasteiger partial charge in [-0.25, -0.2) is 9.97 Å². The van der Waals surface area contributed by atoms with Gasteiger partial charge in [0.2, 0.25) is 0 Å². The second kappa shape index (κ2) is 5.45. The Bertz CT molecular complexity index is 444. The van der Waals surface area contributed by atoms with Gasteiger partial charge >= 0.3 is 0 Å². The van der Waals surface area contributed by atoms with Crippen molar-refractivity contribution in [2.24, 2.45) is 5.41 Å². The zero-order valence-corrected chi connectivity index (χ0v) is 12.8. The number of hydrogen-bond donors (Lipinski definition) is 1. The van der Waals surface area contributed by atoms with Crippen LogP contribution in [0, 0.1) is 12.3 Å². The largest absolute Gasteiger partial charge is 0.356 e.